The van der Waals surface area contributed by atoms with Gasteiger partial charge in [-0.3, -0.25) is 19.1 Å². The largest absolute Gasteiger partial charge is 0.416 e. The van der Waals surface area contributed by atoms with Crippen molar-refractivity contribution in [3.05, 3.63) is 58.1 Å². The van der Waals surface area contributed by atoms with Crippen LogP contribution in [-0.4, -0.2) is 27.8 Å². The molecule has 0 spiro atoms. The number of amides is 1. The standard InChI is InChI=1S/C16H14F3N3O4S/c1-27(26)12-5-6-13(14(8-12)22(24)25)20-9-15(23)21-11-4-2-3-10(7-11)16(17,18)19/h2-8,20H,9H2,1H3,(H,21,23)/t27-/m1/s1. The first-order chi connectivity index (χ1) is 12.6. The molecular weight excluding hydrogens is 387 g/mol. The molecule has 0 saturated heterocycles. The van der Waals surface area contributed by atoms with Crippen LogP contribution in [0.1, 0.15) is 5.56 Å². The number of nitro groups is 1. The Kier molecular flexibility index (Phi) is 6.16. The molecule has 0 aliphatic carbocycles. The van der Waals surface area contributed by atoms with Gasteiger partial charge in [0.1, 0.15) is 5.69 Å². The van der Waals surface area contributed by atoms with Gasteiger partial charge in [-0.15, -0.1) is 0 Å². The molecule has 0 aliphatic heterocycles. The first-order valence-electron chi connectivity index (χ1n) is 7.41. The number of hydrogen-bond donors (Lipinski definition) is 2. The Balaban J connectivity index is 2.08. The number of rotatable bonds is 6. The van der Waals surface area contributed by atoms with Crippen LogP contribution in [-0.2, 0) is 21.8 Å². The predicted molar refractivity (Wildman–Crippen MR) is 94.0 cm³/mol. The normalized spacial score (nSPS) is 12.3. The third-order valence-corrected chi connectivity index (χ3v) is 4.33. The monoisotopic (exact) mass is 401 g/mol. The van der Waals surface area contributed by atoms with Crippen LogP contribution in [0.5, 0.6) is 0 Å². The van der Waals surface area contributed by atoms with Crippen molar-refractivity contribution in [2.75, 3.05) is 23.4 Å². The fraction of sp³-hybridized carbons (Fsp3) is 0.188. The molecule has 0 saturated carbocycles. The van der Waals surface area contributed by atoms with Crippen LogP contribution in [0.3, 0.4) is 0 Å². The number of hydrogen-bond acceptors (Lipinski definition) is 5. The number of nitro benzene ring substituents is 1. The van der Waals surface area contributed by atoms with E-state index in [9.17, 15) is 32.3 Å². The predicted octanol–water partition coefficient (Wildman–Crippen LogP) is 3.40. The molecule has 0 heterocycles. The van der Waals surface area contributed by atoms with Crippen molar-refractivity contribution in [1.82, 2.24) is 0 Å². The van der Waals surface area contributed by atoms with Gasteiger partial charge in [0, 0.05) is 22.9 Å². The van der Waals surface area contributed by atoms with Crippen molar-refractivity contribution in [1.29, 1.82) is 0 Å². The highest BCUT2D eigenvalue weighted by Gasteiger charge is 2.30. The number of carbonyl (C=O) groups excluding carboxylic acids is 1. The van der Waals surface area contributed by atoms with E-state index in [2.05, 4.69) is 10.6 Å². The number of anilines is 2. The van der Waals surface area contributed by atoms with Crippen LogP contribution < -0.4 is 10.6 Å². The average molecular weight is 401 g/mol. The smallest absolute Gasteiger partial charge is 0.371 e. The highest BCUT2D eigenvalue weighted by Crippen LogP contribution is 2.30. The highest BCUT2D eigenvalue weighted by atomic mass is 32.2. The van der Waals surface area contributed by atoms with Crippen LogP contribution in [0.25, 0.3) is 0 Å². The van der Waals surface area contributed by atoms with Gasteiger partial charge in [-0.25, -0.2) is 0 Å². The summed E-state index contributed by atoms with van der Waals surface area (Å²) in [5.41, 5.74) is -1.31. The molecule has 0 bridgehead atoms. The summed E-state index contributed by atoms with van der Waals surface area (Å²) in [4.78, 5) is 22.6. The van der Waals surface area contributed by atoms with Crippen molar-refractivity contribution in [3.63, 3.8) is 0 Å². The van der Waals surface area contributed by atoms with Crippen LogP contribution >= 0.6 is 0 Å². The van der Waals surface area contributed by atoms with Gasteiger partial charge in [0.05, 0.1) is 27.8 Å². The third kappa shape index (κ3) is 5.51. The zero-order valence-corrected chi connectivity index (χ0v) is 14.7. The van der Waals surface area contributed by atoms with Gasteiger partial charge in [0.25, 0.3) is 5.69 Å². The SMILES string of the molecule is C[S@@](=O)c1ccc(NCC(=O)Nc2cccc(C(F)(F)F)c2)c([N+](=O)[O-])c1. The second kappa shape index (κ2) is 8.16. The molecule has 0 unspecified atom stereocenters. The molecule has 2 rings (SSSR count). The van der Waals surface area contributed by atoms with Crippen LogP contribution in [0.4, 0.5) is 30.2 Å². The summed E-state index contributed by atoms with van der Waals surface area (Å²) < 4.78 is 49.4. The van der Waals surface area contributed by atoms with E-state index < -0.39 is 39.9 Å². The zero-order valence-electron chi connectivity index (χ0n) is 13.9. The van der Waals surface area contributed by atoms with E-state index in [4.69, 9.17) is 0 Å². The second-order valence-corrected chi connectivity index (χ2v) is 6.75. The molecule has 144 valence electrons. The van der Waals surface area contributed by atoms with E-state index in [-0.39, 0.29) is 22.0 Å². The van der Waals surface area contributed by atoms with Gasteiger partial charge in [0.2, 0.25) is 5.91 Å². The molecule has 11 heteroatoms. The summed E-state index contributed by atoms with van der Waals surface area (Å²) in [7, 11) is -1.42. The van der Waals surface area contributed by atoms with Crippen molar-refractivity contribution < 1.29 is 27.1 Å². The molecule has 7 nitrogen and oxygen atoms in total. The van der Waals surface area contributed by atoms with E-state index in [0.717, 1.165) is 24.3 Å². The van der Waals surface area contributed by atoms with Crippen molar-refractivity contribution in [2.45, 2.75) is 11.1 Å². The van der Waals surface area contributed by atoms with Crippen molar-refractivity contribution in [3.8, 4) is 0 Å². The zero-order chi connectivity index (χ0) is 20.2. The number of halogens is 3. The summed E-state index contributed by atoms with van der Waals surface area (Å²) in [6.45, 7) is -0.411. The molecule has 2 N–H and O–H groups in total. The maximum atomic E-state index is 12.7. The van der Waals surface area contributed by atoms with Crippen LogP contribution in [0.2, 0.25) is 0 Å². The molecule has 0 aromatic heterocycles. The van der Waals surface area contributed by atoms with E-state index in [1.54, 1.807) is 0 Å². The van der Waals surface area contributed by atoms with Gasteiger partial charge in [-0.2, -0.15) is 13.2 Å². The molecule has 1 atom stereocenters. The lowest BCUT2D eigenvalue weighted by Crippen LogP contribution is -2.22. The Morgan fingerprint density at radius 3 is 2.52 bits per heavy atom. The minimum atomic E-state index is -4.54. The molecule has 0 aliphatic rings. The number of nitrogens with one attached hydrogen (secondary N) is 2. The highest BCUT2D eigenvalue weighted by molar-refractivity contribution is 7.84. The summed E-state index contributed by atoms with van der Waals surface area (Å²) in [6, 6.07) is 7.95. The van der Waals surface area contributed by atoms with Gasteiger partial charge >= 0.3 is 6.18 Å². The maximum absolute atomic E-state index is 12.7. The van der Waals surface area contributed by atoms with E-state index >= 15 is 0 Å². The quantitative estimate of drug-likeness (QED) is 0.571. The Bertz CT molecular complexity index is 903. The summed E-state index contributed by atoms with van der Waals surface area (Å²) in [5, 5.41) is 16.0. The van der Waals surface area contributed by atoms with Gasteiger partial charge < -0.3 is 10.6 Å². The number of nitrogens with zero attached hydrogens (tertiary/aromatic N) is 1. The lowest BCUT2D eigenvalue weighted by molar-refractivity contribution is -0.384. The average Bonchev–Trinajstić information content (AvgIpc) is 2.59. The van der Waals surface area contributed by atoms with E-state index in [1.807, 2.05) is 0 Å². The molecule has 0 fully saturated rings. The number of benzene rings is 2. The van der Waals surface area contributed by atoms with Crippen molar-refractivity contribution in [2.24, 2.45) is 0 Å². The Labute approximate surface area is 154 Å². The molecule has 27 heavy (non-hydrogen) atoms. The second-order valence-electron chi connectivity index (χ2n) is 5.37. The molecular formula is C16H14F3N3O4S. The van der Waals surface area contributed by atoms with Gasteiger partial charge in [-0.05, 0) is 30.3 Å². The summed E-state index contributed by atoms with van der Waals surface area (Å²) >= 11 is 0. The summed E-state index contributed by atoms with van der Waals surface area (Å²) in [5.74, 6) is -0.688. The lowest BCUT2D eigenvalue weighted by atomic mass is 10.2. The Hall–Kier alpha value is -2.95. The first-order valence-corrected chi connectivity index (χ1v) is 8.96. The van der Waals surface area contributed by atoms with E-state index in [0.29, 0.717) is 0 Å². The van der Waals surface area contributed by atoms with Gasteiger partial charge in [0.15, 0.2) is 0 Å². The Morgan fingerprint density at radius 1 is 1.22 bits per heavy atom. The molecule has 2 aromatic rings. The lowest BCUT2D eigenvalue weighted by Gasteiger charge is -2.11. The molecule has 2 aromatic carbocycles. The van der Waals surface area contributed by atoms with Crippen LogP contribution in [0, 0.1) is 10.1 Å². The maximum Gasteiger partial charge on any atom is 0.416 e. The van der Waals surface area contributed by atoms with E-state index in [1.165, 1.54) is 24.5 Å². The summed E-state index contributed by atoms with van der Waals surface area (Å²) in [6.07, 6.45) is -3.17. The topological polar surface area (TPSA) is 101 Å². The minimum Gasteiger partial charge on any atom is -0.371 e. The molecule has 1 amide bonds. The van der Waals surface area contributed by atoms with Gasteiger partial charge in [-0.1, -0.05) is 6.07 Å². The first kappa shape index (κ1) is 20.4. The van der Waals surface area contributed by atoms with Crippen molar-refractivity contribution >= 4 is 33.8 Å². The number of carbonyl (C=O) groups is 1. The Morgan fingerprint density at radius 2 is 1.93 bits per heavy atom. The third-order valence-electron chi connectivity index (χ3n) is 3.41. The minimum absolute atomic E-state index is 0.0217. The number of alkyl halides is 3. The van der Waals surface area contributed by atoms with Crippen LogP contribution in [0.15, 0.2) is 47.4 Å². The fourth-order valence-corrected chi connectivity index (χ4v) is 2.68. The molecule has 0 radical (unpaired) electrons. The fourth-order valence-electron chi connectivity index (χ4n) is 2.14.